The average Bonchev–Trinajstić information content (AvgIpc) is 2.52. The summed E-state index contributed by atoms with van der Waals surface area (Å²) in [6, 6.07) is 0. The second kappa shape index (κ2) is 4.33. The Morgan fingerprint density at radius 3 is 2.72 bits per heavy atom. The van der Waals surface area contributed by atoms with E-state index in [9.17, 15) is 4.79 Å². The molecule has 0 aliphatic carbocycles. The first kappa shape index (κ1) is 13.0. The topological polar surface area (TPSA) is 47.4 Å². The number of amides is 1. The molecule has 0 spiro atoms. The van der Waals surface area contributed by atoms with E-state index in [1.807, 2.05) is 40.3 Å². The molecule has 0 bridgehead atoms. The summed E-state index contributed by atoms with van der Waals surface area (Å²) in [5.74, 6) is 0. The predicted molar refractivity (Wildman–Crippen MR) is 71.7 cm³/mol. The third-order valence-corrected chi connectivity index (χ3v) is 3.09. The van der Waals surface area contributed by atoms with Gasteiger partial charge in [-0.2, -0.15) is 5.10 Å². The van der Waals surface area contributed by atoms with Crippen LogP contribution in [0, 0.1) is 0 Å². The Hall–Kier alpha value is -1.46. The van der Waals surface area contributed by atoms with Gasteiger partial charge in [-0.25, -0.2) is 4.79 Å². The van der Waals surface area contributed by atoms with Crippen molar-refractivity contribution in [3.05, 3.63) is 11.3 Å². The fourth-order valence-corrected chi connectivity index (χ4v) is 2.26. The molecule has 18 heavy (non-hydrogen) atoms. The highest BCUT2D eigenvalue weighted by Gasteiger charge is 2.28. The maximum Gasteiger partial charge on any atom is 0.410 e. The Labute approximate surface area is 109 Å². The first-order valence-corrected chi connectivity index (χ1v) is 6.27. The quantitative estimate of drug-likeness (QED) is 0.607. The number of ether oxygens (including phenoxy) is 1. The number of carbonyl (C=O) groups is 1. The molecule has 0 saturated carbocycles. The minimum Gasteiger partial charge on any atom is -0.444 e. The summed E-state index contributed by atoms with van der Waals surface area (Å²) in [4.78, 5) is 13.8. The van der Waals surface area contributed by atoms with Gasteiger partial charge in [0, 0.05) is 36.9 Å². The molecule has 1 aromatic rings. The van der Waals surface area contributed by atoms with Crippen molar-refractivity contribution in [2.75, 3.05) is 6.54 Å². The van der Waals surface area contributed by atoms with Gasteiger partial charge < -0.3 is 9.64 Å². The van der Waals surface area contributed by atoms with E-state index in [1.54, 1.807) is 4.90 Å². The first-order chi connectivity index (χ1) is 8.28. The maximum atomic E-state index is 12.0. The van der Waals surface area contributed by atoms with E-state index < -0.39 is 5.60 Å². The molecule has 1 aliphatic rings. The van der Waals surface area contributed by atoms with E-state index in [4.69, 9.17) is 4.74 Å². The van der Waals surface area contributed by atoms with Crippen molar-refractivity contribution in [1.29, 1.82) is 0 Å². The molecule has 0 N–H and O–H groups in total. The van der Waals surface area contributed by atoms with Crippen molar-refractivity contribution in [1.82, 2.24) is 14.7 Å². The zero-order valence-electron chi connectivity index (χ0n) is 11.8. The molecule has 0 radical (unpaired) electrons. The molecule has 2 heterocycles. The van der Waals surface area contributed by atoms with Crippen LogP contribution in [0.15, 0.2) is 0 Å². The van der Waals surface area contributed by atoms with Crippen LogP contribution < -0.4 is 5.59 Å². The molecule has 0 atom stereocenters. The molecule has 5 nitrogen and oxygen atoms in total. The predicted octanol–water partition coefficient (Wildman–Crippen LogP) is -0.0283. The van der Waals surface area contributed by atoms with Crippen molar-refractivity contribution < 1.29 is 9.53 Å². The van der Waals surface area contributed by atoms with Crippen LogP contribution in [-0.2, 0) is 24.8 Å². The van der Waals surface area contributed by atoms with Gasteiger partial charge in [-0.15, -0.1) is 0 Å². The molecule has 2 rings (SSSR count). The van der Waals surface area contributed by atoms with Crippen LogP contribution in [0.2, 0.25) is 0 Å². The molecule has 0 unspecified atom stereocenters. The highest BCUT2D eigenvalue weighted by molar-refractivity contribution is 6.31. The summed E-state index contributed by atoms with van der Waals surface area (Å²) in [5, 5.41) is 4.40. The number of rotatable bonds is 0. The lowest BCUT2D eigenvalue weighted by molar-refractivity contribution is 0.0223. The zero-order chi connectivity index (χ0) is 13.5. The molecule has 1 amide bonds. The van der Waals surface area contributed by atoms with E-state index >= 15 is 0 Å². The first-order valence-electron chi connectivity index (χ1n) is 6.27. The molecule has 0 saturated heterocycles. The maximum absolute atomic E-state index is 12.0. The lowest BCUT2D eigenvalue weighted by atomic mass is 9.95. The molecule has 1 aliphatic heterocycles. The summed E-state index contributed by atoms with van der Waals surface area (Å²) in [5.41, 5.74) is 2.95. The fourth-order valence-electron chi connectivity index (χ4n) is 2.26. The van der Waals surface area contributed by atoms with Gasteiger partial charge in [0.15, 0.2) is 7.85 Å². The number of nitrogens with zero attached hydrogens (tertiary/aromatic N) is 3. The molecule has 0 aromatic carbocycles. The number of aryl methyl sites for hydroxylation is 1. The highest BCUT2D eigenvalue weighted by atomic mass is 16.6. The van der Waals surface area contributed by atoms with Crippen LogP contribution in [-0.4, -0.2) is 40.8 Å². The molecule has 98 valence electrons. The highest BCUT2D eigenvalue weighted by Crippen LogP contribution is 2.19. The van der Waals surface area contributed by atoms with Gasteiger partial charge in [0.05, 0.1) is 6.54 Å². The fraction of sp³-hybridized carbons (Fsp3) is 0.667. The van der Waals surface area contributed by atoms with Crippen molar-refractivity contribution in [3.8, 4) is 0 Å². The van der Waals surface area contributed by atoms with Crippen LogP contribution in [0.3, 0.4) is 0 Å². The SMILES string of the molecule is Bc1nn(C)c2c1CN(C(=O)OC(C)(C)C)CC2. The lowest BCUT2D eigenvalue weighted by Crippen LogP contribution is -2.41. The van der Waals surface area contributed by atoms with Gasteiger partial charge in [-0.3, -0.25) is 4.68 Å². The van der Waals surface area contributed by atoms with Crippen molar-refractivity contribution in [3.63, 3.8) is 0 Å². The molecular weight excluding hydrogens is 229 g/mol. The van der Waals surface area contributed by atoms with Gasteiger partial charge in [0.2, 0.25) is 0 Å². The minimum absolute atomic E-state index is 0.239. The number of hydrogen-bond acceptors (Lipinski definition) is 3. The summed E-state index contributed by atoms with van der Waals surface area (Å²) >= 11 is 0. The largest absolute Gasteiger partial charge is 0.444 e. The Bertz CT molecular complexity index is 476. The van der Waals surface area contributed by atoms with Crippen LogP contribution in [0.1, 0.15) is 32.0 Å². The summed E-state index contributed by atoms with van der Waals surface area (Å²) < 4.78 is 7.31. The second-order valence-electron chi connectivity index (χ2n) is 5.79. The summed E-state index contributed by atoms with van der Waals surface area (Å²) in [7, 11) is 3.94. The van der Waals surface area contributed by atoms with E-state index in [0.717, 1.165) is 17.6 Å². The normalized spacial score (nSPS) is 15.4. The van der Waals surface area contributed by atoms with Crippen LogP contribution in [0.5, 0.6) is 0 Å². The molecule has 6 heteroatoms. The molecule has 0 fully saturated rings. The number of carbonyl (C=O) groups excluding carboxylic acids is 1. The zero-order valence-corrected chi connectivity index (χ0v) is 11.8. The van der Waals surface area contributed by atoms with Crippen LogP contribution in [0.4, 0.5) is 4.79 Å². The summed E-state index contributed by atoms with van der Waals surface area (Å²) in [6.07, 6.45) is 0.600. The van der Waals surface area contributed by atoms with Crippen molar-refractivity contribution >= 4 is 19.5 Å². The summed E-state index contributed by atoms with van der Waals surface area (Å²) in [6.45, 7) is 6.95. The standard InChI is InChI=1S/C12H20BN3O2/c1-12(2,3)18-11(17)16-6-5-9-8(7-16)10(13)14-15(9)4/h5-7,13H2,1-4H3. The lowest BCUT2D eigenvalue weighted by Gasteiger charge is -2.30. The minimum atomic E-state index is -0.443. The third-order valence-electron chi connectivity index (χ3n) is 3.09. The van der Waals surface area contributed by atoms with E-state index in [-0.39, 0.29) is 6.09 Å². The Morgan fingerprint density at radius 2 is 2.11 bits per heavy atom. The van der Waals surface area contributed by atoms with Gasteiger partial charge in [-0.05, 0) is 20.8 Å². The van der Waals surface area contributed by atoms with Crippen molar-refractivity contribution in [2.24, 2.45) is 7.05 Å². The van der Waals surface area contributed by atoms with Gasteiger partial charge in [0.1, 0.15) is 5.60 Å². The van der Waals surface area contributed by atoms with E-state index in [2.05, 4.69) is 5.10 Å². The second-order valence-corrected chi connectivity index (χ2v) is 5.79. The molecule has 1 aromatic heterocycles. The Morgan fingerprint density at radius 1 is 1.44 bits per heavy atom. The smallest absolute Gasteiger partial charge is 0.410 e. The number of hydrogen-bond donors (Lipinski definition) is 0. The van der Waals surface area contributed by atoms with Gasteiger partial charge in [-0.1, -0.05) is 0 Å². The van der Waals surface area contributed by atoms with Gasteiger partial charge in [0.25, 0.3) is 0 Å². The average molecular weight is 249 g/mol. The Kier molecular flexibility index (Phi) is 3.13. The van der Waals surface area contributed by atoms with Crippen LogP contribution >= 0.6 is 0 Å². The number of aromatic nitrogens is 2. The van der Waals surface area contributed by atoms with E-state index in [1.165, 1.54) is 5.69 Å². The Balaban J connectivity index is 2.12. The third kappa shape index (κ3) is 2.52. The van der Waals surface area contributed by atoms with Crippen LogP contribution in [0.25, 0.3) is 0 Å². The van der Waals surface area contributed by atoms with Crippen molar-refractivity contribution in [2.45, 2.75) is 39.3 Å². The van der Waals surface area contributed by atoms with Gasteiger partial charge >= 0.3 is 6.09 Å². The molecular formula is C12H20BN3O2. The monoisotopic (exact) mass is 249 g/mol. The van der Waals surface area contributed by atoms with E-state index in [0.29, 0.717) is 13.1 Å². The number of fused-ring (bicyclic) bond motifs is 1.